The van der Waals surface area contributed by atoms with Crippen LogP contribution in [0.3, 0.4) is 0 Å². The summed E-state index contributed by atoms with van der Waals surface area (Å²) >= 11 is 0. The number of hydrogen-bond donors (Lipinski definition) is 0. The van der Waals surface area contributed by atoms with Gasteiger partial charge in [-0.2, -0.15) is 0 Å². The first-order valence-electron chi connectivity index (χ1n) is 8.71. The molecule has 0 heterocycles. The van der Waals surface area contributed by atoms with Gasteiger partial charge in [0.15, 0.2) is 0 Å². The first kappa shape index (κ1) is 12.8. The van der Waals surface area contributed by atoms with Gasteiger partial charge in [-0.3, -0.25) is 9.59 Å². The molecule has 0 unspecified atom stereocenters. The number of rotatable bonds is 0. The third kappa shape index (κ3) is 1.17. The molecular formula is C24H10O2. The summed E-state index contributed by atoms with van der Waals surface area (Å²) in [5.74, 6) is 0. The van der Waals surface area contributed by atoms with Crippen LogP contribution in [0.15, 0.2) is 70.3 Å². The molecule has 2 nitrogen and oxygen atoms in total. The van der Waals surface area contributed by atoms with Crippen LogP contribution in [0.2, 0.25) is 0 Å². The van der Waals surface area contributed by atoms with E-state index in [-0.39, 0.29) is 0 Å². The zero-order chi connectivity index (χ0) is 17.2. The molecule has 0 amide bonds. The summed E-state index contributed by atoms with van der Waals surface area (Å²) in [5, 5.41) is 12.2. The van der Waals surface area contributed by atoms with Crippen LogP contribution >= 0.6 is 0 Å². The van der Waals surface area contributed by atoms with Gasteiger partial charge in [0.2, 0.25) is 10.9 Å². The van der Waals surface area contributed by atoms with Gasteiger partial charge in [-0.15, -0.1) is 0 Å². The maximum atomic E-state index is 12.8. The standard InChI is InChI=1S/C24H10O2/c25-23-15-9-7-13-5-3-11-1-2-12-4-6-14-8-10-16(24(23)26)22-20(14)18(12)17(11)19(13)21(15)22/h1-10H. The van der Waals surface area contributed by atoms with E-state index in [0.717, 1.165) is 32.3 Å². The topological polar surface area (TPSA) is 34.1 Å². The molecule has 0 spiro atoms. The quantitative estimate of drug-likeness (QED) is 0.221. The van der Waals surface area contributed by atoms with Gasteiger partial charge in [-0.05, 0) is 55.2 Å². The zero-order valence-corrected chi connectivity index (χ0v) is 13.6. The molecule has 0 bridgehead atoms. The Labute approximate surface area is 146 Å². The molecule has 0 fully saturated rings. The summed E-state index contributed by atoms with van der Waals surface area (Å²) in [6.45, 7) is 0. The van der Waals surface area contributed by atoms with E-state index in [1.54, 1.807) is 0 Å². The van der Waals surface area contributed by atoms with Crippen LogP contribution in [0.5, 0.6) is 0 Å². The van der Waals surface area contributed by atoms with Crippen molar-refractivity contribution in [2.24, 2.45) is 0 Å². The molecule has 0 saturated carbocycles. The smallest absolute Gasteiger partial charge is 0.234 e. The Bertz CT molecular complexity index is 1620. The lowest BCUT2D eigenvalue weighted by atomic mass is 9.83. The molecule has 0 aromatic heterocycles. The monoisotopic (exact) mass is 330 g/mol. The minimum atomic E-state index is -0.391. The highest BCUT2D eigenvalue weighted by Gasteiger charge is 2.22. The molecule has 7 rings (SSSR count). The van der Waals surface area contributed by atoms with Crippen molar-refractivity contribution in [2.75, 3.05) is 0 Å². The maximum absolute atomic E-state index is 12.8. The maximum Gasteiger partial charge on any atom is 0.234 e. The van der Waals surface area contributed by atoms with Gasteiger partial charge in [0.1, 0.15) is 0 Å². The van der Waals surface area contributed by atoms with Crippen LogP contribution in [0.1, 0.15) is 0 Å². The molecule has 0 N–H and O–H groups in total. The van der Waals surface area contributed by atoms with Crippen molar-refractivity contribution in [1.82, 2.24) is 0 Å². The van der Waals surface area contributed by atoms with Crippen LogP contribution in [0.4, 0.5) is 0 Å². The molecule has 2 heteroatoms. The van der Waals surface area contributed by atoms with E-state index in [2.05, 4.69) is 36.4 Å². The average Bonchev–Trinajstić information content (AvgIpc) is 2.69. The fourth-order valence-corrected chi connectivity index (χ4v) is 5.01. The largest absolute Gasteiger partial charge is 0.285 e. The molecule has 0 aliphatic heterocycles. The SMILES string of the molecule is O=c1c(=O)c2ccc3ccc4ccc5ccc6ccc1c1c6c5c4c3c21. The van der Waals surface area contributed by atoms with E-state index < -0.39 is 10.9 Å². The Morgan fingerprint density at radius 3 is 0.962 bits per heavy atom. The highest BCUT2D eigenvalue weighted by atomic mass is 16.2. The van der Waals surface area contributed by atoms with Gasteiger partial charge in [0.25, 0.3) is 0 Å². The van der Waals surface area contributed by atoms with Crippen molar-refractivity contribution in [3.63, 3.8) is 0 Å². The van der Waals surface area contributed by atoms with E-state index in [1.165, 1.54) is 21.5 Å². The lowest BCUT2D eigenvalue weighted by Crippen LogP contribution is -2.24. The van der Waals surface area contributed by atoms with Crippen LogP contribution in [0, 0.1) is 0 Å². The fraction of sp³-hybridized carbons (Fsp3) is 0. The van der Waals surface area contributed by atoms with Gasteiger partial charge in [-0.25, -0.2) is 0 Å². The molecule has 7 aromatic carbocycles. The van der Waals surface area contributed by atoms with E-state index in [0.29, 0.717) is 10.8 Å². The van der Waals surface area contributed by atoms with Crippen molar-refractivity contribution in [3.05, 3.63) is 81.1 Å². The highest BCUT2D eigenvalue weighted by molar-refractivity contribution is 6.44. The zero-order valence-electron chi connectivity index (χ0n) is 13.6. The van der Waals surface area contributed by atoms with Crippen LogP contribution < -0.4 is 10.9 Å². The van der Waals surface area contributed by atoms with Crippen LogP contribution in [-0.4, -0.2) is 0 Å². The Morgan fingerprint density at radius 1 is 0.346 bits per heavy atom. The van der Waals surface area contributed by atoms with E-state index in [9.17, 15) is 9.59 Å². The molecule has 0 aliphatic carbocycles. The lowest BCUT2D eigenvalue weighted by molar-refractivity contribution is 1.61. The predicted octanol–water partition coefficient (Wildman–Crippen LogP) is 5.08. The number of hydrogen-bond acceptors (Lipinski definition) is 2. The summed E-state index contributed by atoms with van der Waals surface area (Å²) in [5.41, 5.74) is -0.783. The van der Waals surface area contributed by atoms with Crippen molar-refractivity contribution >= 4 is 64.6 Å². The molecular weight excluding hydrogens is 320 g/mol. The normalized spacial score (nSPS) is 12.9. The molecule has 118 valence electrons. The predicted molar refractivity (Wildman–Crippen MR) is 109 cm³/mol. The van der Waals surface area contributed by atoms with Crippen molar-refractivity contribution in [2.45, 2.75) is 0 Å². The van der Waals surface area contributed by atoms with Crippen molar-refractivity contribution < 1.29 is 0 Å². The summed E-state index contributed by atoms with van der Waals surface area (Å²) in [4.78, 5) is 25.6. The Balaban J connectivity index is 2.14. The molecule has 0 radical (unpaired) electrons. The Hall–Kier alpha value is -3.52. The van der Waals surface area contributed by atoms with Gasteiger partial charge in [-0.1, -0.05) is 48.5 Å². The fourth-order valence-electron chi connectivity index (χ4n) is 5.01. The summed E-state index contributed by atoms with van der Waals surface area (Å²) in [7, 11) is 0. The highest BCUT2D eigenvalue weighted by Crippen LogP contribution is 2.46. The minimum absolute atomic E-state index is 0.391. The second-order valence-electron chi connectivity index (χ2n) is 7.22. The van der Waals surface area contributed by atoms with Crippen molar-refractivity contribution in [3.8, 4) is 0 Å². The summed E-state index contributed by atoms with van der Waals surface area (Å²) < 4.78 is 0. The molecule has 26 heavy (non-hydrogen) atoms. The second kappa shape index (κ2) is 3.83. The van der Waals surface area contributed by atoms with Gasteiger partial charge in [0.05, 0.1) is 0 Å². The number of benzene rings is 7. The van der Waals surface area contributed by atoms with E-state index >= 15 is 0 Å². The molecule has 0 aliphatic rings. The van der Waals surface area contributed by atoms with Crippen molar-refractivity contribution in [1.29, 1.82) is 0 Å². The van der Waals surface area contributed by atoms with E-state index in [1.807, 2.05) is 24.3 Å². The van der Waals surface area contributed by atoms with Crippen LogP contribution in [0.25, 0.3) is 64.6 Å². The molecule has 7 aromatic rings. The Morgan fingerprint density at radius 2 is 0.615 bits per heavy atom. The van der Waals surface area contributed by atoms with Gasteiger partial charge < -0.3 is 0 Å². The van der Waals surface area contributed by atoms with Gasteiger partial charge >= 0.3 is 0 Å². The third-order valence-corrected chi connectivity index (χ3v) is 6.08. The first-order chi connectivity index (χ1) is 12.7. The summed E-state index contributed by atoms with van der Waals surface area (Å²) in [6.07, 6.45) is 0. The van der Waals surface area contributed by atoms with E-state index in [4.69, 9.17) is 0 Å². The minimum Gasteiger partial charge on any atom is -0.285 e. The molecule has 0 atom stereocenters. The Kier molecular flexibility index (Phi) is 1.89. The third-order valence-electron chi connectivity index (χ3n) is 6.08. The molecule has 0 saturated heterocycles. The first-order valence-corrected chi connectivity index (χ1v) is 8.71. The average molecular weight is 330 g/mol. The summed E-state index contributed by atoms with van der Waals surface area (Å²) in [6, 6.07) is 20.4. The lowest BCUT2D eigenvalue weighted by Gasteiger charge is -2.19. The van der Waals surface area contributed by atoms with Crippen LogP contribution in [-0.2, 0) is 0 Å². The van der Waals surface area contributed by atoms with Gasteiger partial charge in [0, 0.05) is 21.5 Å². The second-order valence-corrected chi connectivity index (χ2v) is 7.22.